The minimum absolute atomic E-state index is 0.263. The zero-order chi connectivity index (χ0) is 14.1. The van der Waals surface area contributed by atoms with Gasteiger partial charge in [0.25, 0.3) is 0 Å². The van der Waals surface area contributed by atoms with Crippen molar-refractivity contribution in [3.05, 3.63) is 29.7 Å². The molecule has 3 heterocycles. The fourth-order valence-electron chi connectivity index (χ4n) is 2.90. The van der Waals surface area contributed by atoms with Crippen molar-refractivity contribution < 1.29 is 9.90 Å². The Morgan fingerprint density at radius 3 is 3.05 bits per heavy atom. The van der Waals surface area contributed by atoms with Crippen molar-refractivity contribution in [1.29, 1.82) is 0 Å². The molecule has 106 valence electrons. The highest BCUT2D eigenvalue weighted by Crippen LogP contribution is 2.19. The van der Waals surface area contributed by atoms with Crippen molar-refractivity contribution in [1.82, 2.24) is 19.5 Å². The molecule has 1 saturated heterocycles. The minimum Gasteiger partial charge on any atom is -0.478 e. The molecule has 1 aliphatic heterocycles. The van der Waals surface area contributed by atoms with Gasteiger partial charge < -0.3 is 10.0 Å². The van der Waals surface area contributed by atoms with Crippen LogP contribution in [-0.2, 0) is 6.42 Å². The standard InChI is InChI=1S/C14H18N4O2/c1-17-6-2-3-10(8-17)7-13-16-15-12-5-4-11(14(19)20)9-18(12)13/h4-5,9-10H,2-3,6-8H2,1H3,(H,19,20). The number of fused-ring (bicyclic) bond motifs is 1. The maximum absolute atomic E-state index is 11.0. The van der Waals surface area contributed by atoms with Crippen LogP contribution in [0, 0.1) is 5.92 Å². The van der Waals surface area contributed by atoms with Gasteiger partial charge in [0.2, 0.25) is 0 Å². The van der Waals surface area contributed by atoms with E-state index in [1.807, 2.05) is 0 Å². The summed E-state index contributed by atoms with van der Waals surface area (Å²) < 4.78 is 1.80. The number of aromatic nitrogens is 3. The van der Waals surface area contributed by atoms with E-state index in [0.717, 1.165) is 25.3 Å². The van der Waals surface area contributed by atoms with Gasteiger partial charge in [-0.2, -0.15) is 0 Å². The number of aromatic carboxylic acids is 1. The van der Waals surface area contributed by atoms with Crippen molar-refractivity contribution in [2.75, 3.05) is 20.1 Å². The van der Waals surface area contributed by atoms with E-state index in [0.29, 0.717) is 11.6 Å². The average Bonchev–Trinajstić information content (AvgIpc) is 2.81. The fourth-order valence-corrected chi connectivity index (χ4v) is 2.90. The third kappa shape index (κ3) is 2.51. The molecule has 0 aliphatic carbocycles. The number of hydrogen-bond acceptors (Lipinski definition) is 4. The van der Waals surface area contributed by atoms with Gasteiger partial charge in [0.15, 0.2) is 5.65 Å². The van der Waals surface area contributed by atoms with Gasteiger partial charge in [-0.1, -0.05) is 0 Å². The Kier molecular flexibility index (Phi) is 3.40. The van der Waals surface area contributed by atoms with Gasteiger partial charge in [0, 0.05) is 19.2 Å². The Labute approximate surface area is 117 Å². The molecule has 20 heavy (non-hydrogen) atoms. The van der Waals surface area contributed by atoms with Crippen LogP contribution in [0.15, 0.2) is 18.3 Å². The highest BCUT2D eigenvalue weighted by Gasteiger charge is 2.20. The molecular weight excluding hydrogens is 256 g/mol. The Hall–Kier alpha value is -1.95. The van der Waals surface area contributed by atoms with Gasteiger partial charge in [-0.15, -0.1) is 10.2 Å². The molecule has 0 aromatic carbocycles. The second kappa shape index (κ2) is 5.20. The van der Waals surface area contributed by atoms with E-state index >= 15 is 0 Å². The Morgan fingerprint density at radius 1 is 1.45 bits per heavy atom. The maximum Gasteiger partial charge on any atom is 0.337 e. The largest absolute Gasteiger partial charge is 0.478 e. The lowest BCUT2D eigenvalue weighted by atomic mass is 9.95. The molecule has 1 atom stereocenters. The first-order chi connectivity index (χ1) is 9.63. The van der Waals surface area contributed by atoms with Gasteiger partial charge in [0.05, 0.1) is 5.56 Å². The van der Waals surface area contributed by atoms with Crippen LogP contribution in [0.4, 0.5) is 0 Å². The van der Waals surface area contributed by atoms with Crippen LogP contribution in [0.25, 0.3) is 5.65 Å². The molecule has 2 aromatic heterocycles. The van der Waals surface area contributed by atoms with Crippen LogP contribution in [0.2, 0.25) is 0 Å². The maximum atomic E-state index is 11.0. The molecule has 2 aromatic rings. The van der Waals surface area contributed by atoms with Crippen molar-refractivity contribution in [3.63, 3.8) is 0 Å². The summed E-state index contributed by atoms with van der Waals surface area (Å²) in [5, 5.41) is 17.4. The topological polar surface area (TPSA) is 70.7 Å². The molecule has 1 N–H and O–H groups in total. The second-order valence-corrected chi connectivity index (χ2v) is 5.54. The summed E-state index contributed by atoms with van der Waals surface area (Å²) in [5.74, 6) is 0.488. The van der Waals surface area contributed by atoms with Crippen molar-refractivity contribution in [2.24, 2.45) is 5.92 Å². The Morgan fingerprint density at radius 2 is 2.30 bits per heavy atom. The molecule has 6 nitrogen and oxygen atoms in total. The Bertz CT molecular complexity index is 637. The third-order valence-electron chi connectivity index (χ3n) is 3.91. The van der Waals surface area contributed by atoms with Gasteiger partial charge in [-0.05, 0) is 44.5 Å². The summed E-state index contributed by atoms with van der Waals surface area (Å²) in [6.45, 7) is 2.22. The highest BCUT2D eigenvalue weighted by atomic mass is 16.4. The number of hydrogen-bond donors (Lipinski definition) is 1. The van der Waals surface area contributed by atoms with E-state index in [1.54, 1.807) is 22.7 Å². The molecule has 1 fully saturated rings. The normalized spacial score (nSPS) is 20.4. The summed E-state index contributed by atoms with van der Waals surface area (Å²) in [4.78, 5) is 13.4. The molecule has 0 bridgehead atoms. The van der Waals surface area contributed by atoms with E-state index in [2.05, 4.69) is 22.1 Å². The summed E-state index contributed by atoms with van der Waals surface area (Å²) in [6, 6.07) is 3.26. The van der Waals surface area contributed by atoms with Crippen molar-refractivity contribution in [3.8, 4) is 0 Å². The Balaban J connectivity index is 1.87. The predicted molar refractivity (Wildman–Crippen MR) is 73.9 cm³/mol. The van der Waals surface area contributed by atoms with Crippen LogP contribution in [0.5, 0.6) is 0 Å². The number of piperidine rings is 1. The van der Waals surface area contributed by atoms with Crippen molar-refractivity contribution >= 4 is 11.6 Å². The number of carboxylic acids is 1. The molecule has 3 rings (SSSR count). The summed E-state index contributed by atoms with van der Waals surface area (Å²) in [7, 11) is 2.14. The zero-order valence-electron chi connectivity index (χ0n) is 11.5. The van der Waals surface area contributed by atoms with Crippen molar-refractivity contribution in [2.45, 2.75) is 19.3 Å². The number of rotatable bonds is 3. The molecule has 1 aliphatic rings. The molecule has 1 unspecified atom stereocenters. The van der Waals surface area contributed by atoms with E-state index in [4.69, 9.17) is 5.11 Å². The monoisotopic (exact) mass is 274 g/mol. The summed E-state index contributed by atoms with van der Waals surface area (Å²) in [6.07, 6.45) is 4.85. The second-order valence-electron chi connectivity index (χ2n) is 5.54. The van der Waals surface area contributed by atoms with E-state index in [9.17, 15) is 4.79 Å². The lowest BCUT2D eigenvalue weighted by Crippen LogP contribution is -2.33. The minimum atomic E-state index is -0.927. The average molecular weight is 274 g/mol. The number of nitrogens with zero attached hydrogens (tertiary/aromatic N) is 4. The van der Waals surface area contributed by atoms with E-state index < -0.39 is 5.97 Å². The third-order valence-corrected chi connectivity index (χ3v) is 3.91. The lowest BCUT2D eigenvalue weighted by Gasteiger charge is -2.29. The summed E-state index contributed by atoms with van der Waals surface area (Å²) in [5.41, 5.74) is 0.966. The summed E-state index contributed by atoms with van der Waals surface area (Å²) >= 11 is 0. The molecule has 6 heteroatoms. The fraction of sp³-hybridized carbons (Fsp3) is 0.500. The molecule has 0 spiro atoms. The van der Waals surface area contributed by atoms with Crippen LogP contribution >= 0.6 is 0 Å². The van der Waals surface area contributed by atoms with Gasteiger partial charge >= 0.3 is 5.97 Å². The van der Waals surface area contributed by atoms with Gasteiger partial charge in [0.1, 0.15) is 5.82 Å². The number of carbonyl (C=O) groups is 1. The van der Waals surface area contributed by atoms with Gasteiger partial charge in [-0.25, -0.2) is 4.79 Å². The first-order valence-corrected chi connectivity index (χ1v) is 6.89. The first kappa shape index (κ1) is 13.1. The van der Waals surface area contributed by atoms with Crippen LogP contribution in [0.3, 0.4) is 0 Å². The molecular formula is C14H18N4O2. The quantitative estimate of drug-likeness (QED) is 0.913. The van der Waals surface area contributed by atoms with Crippen LogP contribution in [-0.4, -0.2) is 50.7 Å². The zero-order valence-corrected chi connectivity index (χ0v) is 11.5. The van der Waals surface area contributed by atoms with Crippen LogP contribution in [0.1, 0.15) is 29.0 Å². The molecule has 0 radical (unpaired) electrons. The first-order valence-electron chi connectivity index (χ1n) is 6.89. The lowest BCUT2D eigenvalue weighted by molar-refractivity contribution is 0.0696. The van der Waals surface area contributed by atoms with E-state index in [1.165, 1.54) is 12.8 Å². The molecule has 0 amide bonds. The predicted octanol–water partition coefficient (Wildman–Crippen LogP) is 1.31. The molecule has 0 saturated carbocycles. The number of carboxylic acid groups (broad SMARTS) is 1. The van der Waals surface area contributed by atoms with Crippen LogP contribution < -0.4 is 0 Å². The van der Waals surface area contributed by atoms with Gasteiger partial charge in [-0.3, -0.25) is 4.40 Å². The SMILES string of the molecule is CN1CCCC(Cc2nnc3ccc(C(=O)O)cn23)C1. The smallest absolute Gasteiger partial charge is 0.337 e. The number of pyridine rings is 1. The number of likely N-dealkylation sites (tertiary alicyclic amines) is 1. The van der Waals surface area contributed by atoms with E-state index in [-0.39, 0.29) is 5.56 Å². The highest BCUT2D eigenvalue weighted by molar-refractivity contribution is 5.87.